The quantitative estimate of drug-likeness (QED) is 0.642. The zero-order chi connectivity index (χ0) is 21.3. The molecule has 1 aliphatic heterocycles. The van der Waals surface area contributed by atoms with E-state index >= 15 is 0 Å². The van der Waals surface area contributed by atoms with Gasteiger partial charge in [0.15, 0.2) is 10.8 Å². The van der Waals surface area contributed by atoms with E-state index < -0.39 is 5.69 Å². The lowest BCUT2D eigenvalue weighted by Crippen LogP contribution is -2.42. The molecule has 8 nitrogen and oxygen atoms in total. The Morgan fingerprint density at radius 3 is 2.53 bits per heavy atom. The summed E-state index contributed by atoms with van der Waals surface area (Å²) in [4.78, 5) is 44.8. The molecule has 0 spiro atoms. The average Bonchev–Trinajstić information content (AvgIpc) is 3.41. The van der Waals surface area contributed by atoms with E-state index in [1.807, 2.05) is 0 Å². The summed E-state index contributed by atoms with van der Waals surface area (Å²) < 4.78 is 15.8. The highest BCUT2D eigenvalue weighted by Gasteiger charge is 2.22. The van der Waals surface area contributed by atoms with Crippen LogP contribution < -0.4 is 21.5 Å². The van der Waals surface area contributed by atoms with Crippen LogP contribution in [0.1, 0.15) is 25.3 Å². The number of nitrogens with one attached hydrogen (secondary N) is 1. The van der Waals surface area contributed by atoms with E-state index in [4.69, 9.17) is 0 Å². The number of thiazole rings is 1. The lowest BCUT2D eigenvalue weighted by molar-refractivity contribution is -0.121. The molecule has 1 aliphatic rings. The number of anilines is 1. The molecule has 2 aromatic heterocycles. The SMILES string of the molecule is CCn1c(=O)c2sc(N3CCCC3)nc2n(CC(=O)NCc2ccc(F)cc2)c1=O. The number of hydrogen-bond donors (Lipinski definition) is 1. The fraction of sp³-hybridized carbons (Fsp3) is 0.400. The maximum Gasteiger partial charge on any atom is 0.333 e. The van der Waals surface area contributed by atoms with Gasteiger partial charge in [-0.3, -0.25) is 18.7 Å². The topological polar surface area (TPSA) is 89.2 Å². The summed E-state index contributed by atoms with van der Waals surface area (Å²) in [6, 6.07) is 5.81. The number of carbonyl (C=O) groups is 1. The molecule has 158 valence electrons. The Morgan fingerprint density at radius 1 is 1.17 bits per heavy atom. The number of amides is 1. The van der Waals surface area contributed by atoms with Gasteiger partial charge < -0.3 is 10.2 Å². The molecule has 1 saturated heterocycles. The largest absolute Gasteiger partial charge is 0.350 e. The first-order valence-corrected chi connectivity index (χ1v) is 10.7. The van der Waals surface area contributed by atoms with Gasteiger partial charge in [-0.2, -0.15) is 0 Å². The lowest BCUT2D eigenvalue weighted by Gasteiger charge is -2.12. The van der Waals surface area contributed by atoms with Crippen molar-refractivity contribution in [2.75, 3.05) is 18.0 Å². The standard InChI is InChI=1S/C20H22FN5O3S/c1-2-25-18(28)16-17(23-19(30-16)24-9-3-4-10-24)26(20(25)29)12-15(27)22-11-13-5-7-14(21)8-6-13/h5-8H,2-4,9-12H2,1H3,(H,22,27). The van der Waals surface area contributed by atoms with Crippen LogP contribution in [0.4, 0.5) is 9.52 Å². The predicted octanol–water partition coefficient (Wildman–Crippen LogP) is 1.70. The lowest BCUT2D eigenvalue weighted by atomic mass is 10.2. The van der Waals surface area contributed by atoms with Crippen LogP contribution in [0.3, 0.4) is 0 Å². The number of benzene rings is 1. The molecule has 4 rings (SSSR count). The molecule has 10 heteroatoms. The molecule has 1 amide bonds. The fourth-order valence-corrected chi connectivity index (χ4v) is 4.61. The smallest absolute Gasteiger partial charge is 0.333 e. The molecule has 30 heavy (non-hydrogen) atoms. The molecule has 3 heterocycles. The van der Waals surface area contributed by atoms with Crippen LogP contribution in [0, 0.1) is 5.82 Å². The van der Waals surface area contributed by atoms with Crippen molar-refractivity contribution >= 4 is 32.7 Å². The van der Waals surface area contributed by atoms with Crippen molar-refractivity contribution in [3.05, 3.63) is 56.5 Å². The summed E-state index contributed by atoms with van der Waals surface area (Å²) in [6.07, 6.45) is 2.13. The van der Waals surface area contributed by atoms with Gasteiger partial charge in [-0.1, -0.05) is 23.5 Å². The van der Waals surface area contributed by atoms with Gasteiger partial charge in [0.05, 0.1) is 0 Å². The second-order valence-corrected chi connectivity index (χ2v) is 8.14. The van der Waals surface area contributed by atoms with E-state index in [0.717, 1.165) is 36.1 Å². The Morgan fingerprint density at radius 2 is 1.87 bits per heavy atom. The summed E-state index contributed by atoms with van der Waals surface area (Å²) in [5.74, 6) is -0.738. The number of carbonyl (C=O) groups excluding carboxylic acids is 1. The van der Waals surface area contributed by atoms with Gasteiger partial charge in [-0.15, -0.1) is 0 Å². The monoisotopic (exact) mass is 431 g/mol. The number of hydrogen-bond acceptors (Lipinski definition) is 6. The third kappa shape index (κ3) is 3.87. The van der Waals surface area contributed by atoms with Crippen LogP contribution in [-0.4, -0.2) is 33.1 Å². The van der Waals surface area contributed by atoms with E-state index in [2.05, 4.69) is 15.2 Å². The Labute approximate surface area is 175 Å². The minimum absolute atomic E-state index is 0.209. The highest BCUT2D eigenvalue weighted by molar-refractivity contribution is 7.22. The molecule has 0 bridgehead atoms. The van der Waals surface area contributed by atoms with Crippen molar-refractivity contribution in [1.29, 1.82) is 0 Å². The Hall–Kier alpha value is -3.01. The molecule has 0 unspecified atom stereocenters. The molecule has 1 N–H and O–H groups in total. The van der Waals surface area contributed by atoms with E-state index in [1.165, 1.54) is 28.0 Å². The summed E-state index contributed by atoms with van der Waals surface area (Å²) in [7, 11) is 0. The van der Waals surface area contributed by atoms with Crippen molar-refractivity contribution in [3.63, 3.8) is 0 Å². The summed E-state index contributed by atoms with van der Waals surface area (Å²) in [5.41, 5.74) is 0.0675. The minimum atomic E-state index is -0.551. The third-order valence-electron chi connectivity index (χ3n) is 5.15. The normalized spacial score (nSPS) is 13.9. The second kappa shape index (κ2) is 8.39. The maximum absolute atomic E-state index is 13.0. The molecular weight excluding hydrogens is 409 g/mol. The molecule has 3 aromatic rings. The molecule has 1 aromatic carbocycles. The summed E-state index contributed by atoms with van der Waals surface area (Å²) in [6.45, 7) is 3.62. The minimum Gasteiger partial charge on any atom is -0.350 e. The van der Waals surface area contributed by atoms with Crippen LogP contribution in [0.25, 0.3) is 10.3 Å². The number of rotatable bonds is 6. The van der Waals surface area contributed by atoms with E-state index in [1.54, 1.807) is 19.1 Å². The van der Waals surface area contributed by atoms with Gasteiger partial charge >= 0.3 is 5.69 Å². The van der Waals surface area contributed by atoms with Crippen molar-refractivity contribution < 1.29 is 9.18 Å². The molecule has 0 aliphatic carbocycles. The molecular formula is C20H22FN5O3S. The molecule has 0 atom stereocenters. The summed E-state index contributed by atoms with van der Waals surface area (Å²) >= 11 is 1.27. The fourth-order valence-electron chi connectivity index (χ4n) is 3.54. The van der Waals surface area contributed by atoms with Gasteiger partial charge in [0, 0.05) is 26.2 Å². The zero-order valence-corrected chi connectivity index (χ0v) is 17.4. The molecule has 0 radical (unpaired) electrons. The average molecular weight is 431 g/mol. The van der Waals surface area contributed by atoms with E-state index in [0.29, 0.717) is 9.83 Å². The first-order valence-electron chi connectivity index (χ1n) is 9.88. The van der Waals surface area contributed by atoms with Gasteiger partial charge in [0.2, 0.25) is 5.91 Å². The van der Waals surface area contributed by atoms with Crippen LogP contribution >= 0.6 is 11.3 Å². The Bertz CT molecular complexity index is 1190. The highest BCUT2D eigenvalue weighted by atomic mass is 32.1. The van der Waals surface area contributed by atoms with Crippen LogP contribution in [-0.2, 0) is 24.4 Å². The first-order chi connectivity index (χ1) is 14.5. The summed E-state index contributed by atoms with van der Waals surface area (Å²) in [5, 5.41) is 3.43. The number of fused-ring (bicyclic) bond motifs is 1. The number of nitrogens with zero attached hydrogens (tertiary/aromatic N) is 4. The van der Waals surface area contributed by atoms with Gasteiger partial charge in [0.1, 0.15) is 17.1 Å². The van der Waals surface area contributed by atoms with Crippen LogP contribution in [0.15, 0.2) is 33.9 Å². The first kappa shape index (κ1) is 20.3. The third-order valence-corrected chi connectivity index (χ3v) is 6.25. The van der Waals surface area contributed by atoms with E-state index in [-0.39, 0.29) is 42.6 Å². The molecule has 0 saturated carbocycles. The van der Waals surface area contributed by atoms with E-state index in [9.17, 15) is 18.8 Å². The van der Waals surface area contributed by atoms with Crippen molar-refractivity contribution in [3.8, 4) is 0 Å². The number of halogens is 1. The zero-order valence-electron chi connectivity index (χ0n) is 16.6. The van der Waals surface area contributed by atoms with Gasteiger partial charge in [-0.05, 0) is 37.5 Å². The molecule has 1 fully saturated rings. The van der Waals surface area contributed by atoms with Gasteiger partial charge in [-0.25, -0.2) is 14.2 Å². The van der Waals surface area contributed by atoms with Crippen LogP contribution in [0.2, 0.25) is 0 Å². The second-order valence-electron chi connectivity index (χ2n) is 7.16. The highest BCUT2D eigenvalue weighted by Crippen LogP contribution is 2.28. The number of aromatic nitrogens is 3. The Balaban J connectivity index is 1.64. The maximum atomic E-state index is 13.0. The Kier molecular flexibility index (Phi) is 5.67. The predicted molar refractivity (Wildman–Crippen MR) is 114 cm³/mol. The van der Waals surface area contributed by atoms with Crippen LogP contribution in [0.5, 0.6) is 0 Å². The van der Waals surface area contributed by atoms with Crippen molar-refractivity contribution in [2.24, 2.45) is 0 Å². The van der Waals surface area contributed by atoms with Crippen molar-refractivity contribution in [1.82, 2.24) is 19.4 Å². The van der Waals surface area contributed by atoms with Crippen molar-refractivity contribution in [2.45, 2.75) is 39.4 Å². The van der Waals surface area contributed by atoms with Gasteiger partial charge in [0.25, 0.3) is 5.56 Å².